The van der Waals surface area contributed by atoms with Crippen molar-refractivity contribution in [1.82, 2.24) is 16.2 Å². The van der Waals surface area contributed by atoms with E-state index in [4.69, 9.17) is 4.74 Å². The summed E-state index contributed by atoms with van der Waals surface area (Å²) in [5.74, 6) is -0.569. The van der Waals surface area contributed by atoms with Crippen molar-refractivity contribution in [2.45, 2.75) is 32.7 Å². The van der Waals surface area contributed by atoms with E-state index in [9.17, 15) is 14.4 Å². The van der Waals surface area contributed by atoms with Crippen LogP contribution in [0.2, 0.25) is 0 Å². The van der Waals surface area contributed by atoms with E-state index < -0.39 is 11.8 Å². The van der Waals surface area contributed by atoms with E-state index in [1.807, 2.05) is 55.5 Å². The molecule has 0 aromatic heterocycles. The molecule has 3 N–H and O–H groups in total. The molecule has 2 aromatic rings. The van der Waals surface area contributed by atoms with E-state index >= 15 is 0 Å². The van der Waals surface area contributed by atoms with Gasteiger partial charge in [-0.1, -0.05) is 49.4 Å². The zero-order valence-corrected chi connectivity index (χ0v) is 15.9. The summed E-state index contributed by atoms with van der Waals surface area (Å²) in [6.45, 7) is 2.23. The Bertz CT molecular complexity index is 793. The Morgan fingerprint density at radius 2 is 1.50 bits per heavy atom. The first-order valence-corrected chi connectivity index (χ1v) is 9.17. The molecule has 148 valence electrons. The highest BCUT2D eigenvalue weighted by Crippen LogP contribution is 2.13. The molecule has 0 heterocycles. The monoisotopic (exact) mass is 383 g/mol. The maximum atomic E-state index is 11.8. The Kier molecular flexibility index (Phi) is 8.52. The van der Waals surface area contributed by atoms with Gasteiger partial charge in [0.1, 0.15) is 5.75 Å². The number of benzene rings is 2. The summed E-state index contributed by atoms with van der Waals surface area (Å²) in [5.41, 5.74) is 6.63. The van der Waals surface area contributed by atoms with E-state index in [1.165, 1.54) is 0 Å². The second kappa shape index (κ2) is 11.4. The molecule has 0 saturated carbocycles. The maximum Gasteiger partial charge on any atom is 0.276 e. The lowest BCUT2D eigenvalue weighted by atomic mass is 10.2. The van der Waals surface area contributed by atoms with Crippen molar-refractivity contribution >= 4 is 17.7 Å². The Balaban J connectivity index is 1.59. The van der Waals surface area contributed by atoms with Crippen LogP contribution in [0.1, 0.15) is 30.9 Å². The van der Waals surface area contributed by atoms with Crippen molar-refractivity contribution in [1.29, 1.82) is 0 Å². The maximum absolute atomic E-state index is 11.8. The van der Waals surface area contributed by atoms with Crippen LogP contribution in [0.15, 0.2) is 54.6 Å². The SMILES string of the molecule is CCc1cccc(OCC(=O)NNC(=O)CCC(=O)NCc2ccccc2)c1. The molecule has 28 heavy (non-hydrogen) atoms. The van der Waals surface area contributed by atoms with E-state index in [-0.39, 0.29) is 25.4 Å². The fraction of sp³-hybridized carbons (Fsp3) is 0.286. The van der Waals surface area contributed by atoms with E-state index in [0.29, 0.717) is 12.3 Å². The van der Waals surface area contributed by atoms with Crippen LogP contribution in [-0.2, 0) is 27.3 Å². The van der Waals surface area contributed by atoms with Crippen LogP contribution in [0.4, 0.5) is 0 Å². The number of carbonyl (C=O) groups excluding carboxylic acids is 3. The number of hydrogen-bond acceptors (Lipinski definition) is 4. The quantitative estimate of drug-likeness (QED) is 0.576. The molecule has 7 nitrogen and oxygen atoms in total. The van der Waals surface area contributed by atoms with Gasteiger partial charge in [0.15, 0.2) is 6.61 Å². The molecule has 0 saturated heterocycles. The van der Waals surface area contributed by atoms with Gasteiger partial charge in [0.05, 0.1) is 0 Å². The lowest BCUT2D eigenvalue weighted by Gasteiger charge is -2.09. The Morgan fingerprint density at radius 3 is 2.25 bits per heavy atom. The summed E-state index contributed by atoms with van der Waals surface area (Å²) < 4.78 is 5.39. The highest BCUT2D eigenvalue weighted by atomic mass is 16.5. The van der Waals surface area contributed by atoms with Crippen LogP contribution in [-0.4, -0.2) is 24.3 Å². The minimum Gasteiger partial charge on any atom is -0.484 e. The molecular weight excluding hydrogens is 358 g/mol. The van der Waals surface area contributed by atoms with Crippen molar-refractivity contribution in [2.24, 2.45) is 0 Å². The number of aryl methyl sites for hydroxylation is 1. The van der Waals surface area contributed by atoms with Crippen LogP contribution in [0, 0.1) is 0 Å². The van der Waals surface area contributed by atoms with E-state index in [2.05, 4.69) is 16.2 Å². The van der Waals surface area contributed by atoms with Gasteiger partial charge >= 0.3 is 0 Å². The molecule has 0 unspecified atom stereocenters. The molecule has 0 atom stereocenters. The van der Waals surface area contributed by atoms with Gasteiger partial charge in [-0.15, -0.1) is 0 Å². The van der Waals surface area contributed by atoms with Gasteiger partial charge in [-0.25, -0.2) is 0 Å². The first kappa shape index (κ1) is 21.0. The van der Waals surface area contributed by atoms with Crippen molar-refractivity contribution in [3.8, 4) is 5.75 Å². The van der Waals surface area contributed by atoms with Gasteiger partial charge in [-0.2, -0.15) is 0 Å². The topological polar surface area (TPSA) is 96.5 Å². The molecule has 3 amide bonds. The summed E-state index contributed by atoms with van der Waals surface area (Å²) in [6.07, 6.45) is 0.882. The predicted molar refractivity (Wildman–Crippen MR) is 105 cm³/mol. The number of carbonyl (C=O) groups is 3. The molecule has 0 radical (unpaired) electrons. The van der Waals surface area contributed by atoms with Crippen LogP contribution >= 0.6 is 0 Å². The Hall–Kier alpha value is -3.35. The third-order valence-corrected chi connectivity index (χ3v) is 3.93. The molecule has 0 aliphatic rings. The number of hydrazine groups is 1. The average molecular weight is 383 g/mol. The second-order valence-corrected chi connectivity index (χ2v) is 6.15. The van der Waals surface area contributed by atoms with Crippen LogP contribution in [0.3, 0.4) is 0 Å². The summed E-state index contributed by atoms with van der Waals surface area (Å²) in [5, 5.41) is 2.74. The van der Waals surface area contributed by atoms with Crippen LogP contribution < -0.4 is 20.9 Å². The van der Waals surface area contributed by atoms with Crippen LogP contribution in [0.5, 0.6) is 5.75 Å². The van der Waals surface area contributed by atoms with Gasteiger partial charge in [-0.05, 0) is 29.7 Å². The minimum atomic E-state index is -0.483. The number of ether oxygens (including phenoxy) is 1. The third-order valence-electron chi connectivity index (χ3n) is 3.93. The van der Waals surface area contributed by atoms with Gasteiger partial charge in [0.2, 0.25) is 11.8 Å². The summed E-state index contributed by atoms with van der Waals surface area (Å²) in [7, 11) is 0. The average Bonchev–Trinajstić information content (AvgIpc) is 2.74. The van der Waals surface area contributed by atoms with Gasteiger partial charge < -0.3 is 10.1 Å². The van der Waals surface area contributed by atoms with Crippen LogP contribution in [0.25, 0.3) is 0 Å². The first-order valence-electron chi connectivity index (χ1n) is 9.17. The number of rotatable bonds is 9. The normalized spacial score (nSPS) is 10.0. The Labute approximate surface area is 164 Å². The summed E-state index contributed by atoms with van der Waals surface area (Å²) in [4.78, 5) is 35.3. The second-order valence-electron chi connectivity index (χ2n) is 6.15. The van der Waals surface area contributed by atoms with Gasteiger partial charge in [-0.3, -0.25) is 25.2 Å². The van der Waals surface area contributed by atoms with E-state index in [0.717, 1.165) is 17.5 Å². The zero-order valence-electron chi connectivity index (χ0n) is 15.9. The number of amides is 3. The van der Waals surface area contributed by atoms with E-state index in [1.54, 1.807) is 6.07 Å². The number of hydrogen-bond donors (Lipinski definition) is 3. The molecule has 7 heteroatoms. The molecule has 0 bridgehead atoms. The molecule has 0 aliphatic carbocycles. The molecule has 2 rings (SSSR count). The van der Waals surface area contributed by atoms with Gasteiger partial charge in [0.25, 0.3) is 5.91 Å². The lowest BCUT2D eigenvalue weighted by molar-refractivity contribution is -0.131. The first-order chi connectivity index (χ1) is 13.6. The standard InChI is InChI=1S/C21H25N3O4/c1-2-16-9-6-10-18(13-16)28-15-21(27)24-23-20(26)12-11-19(25)22-14-17-7-4-3-5-8-17/h3-10,13H,2,11-12,14-15H2,1H3,(H,22,25)(H,23,26)(H,24,27). The van der Waals surface area contributed by atoms with Gasteiger partial charge in [0, 0.05) is 19.4 Å². The van der Waals surface area contributed by atoms with Crippen molar-refractivity contribution in [3.05, 3.63) is 65.7 Å². The summed E-state index contributed by atoms with van der Waals surface area (Å²) >= 11 is 0. The molecule has 2 aromatic carbocycles. The minimum absolute atomic E-state index is 0.0275. The van der Waals surface area contributed by atoms with Crippen molar-refractivity contribution in [2.75, 3.05) is 6.61 Å². The van der Waals surface area contributed by atoms with Crippen molar-refractivity contribution < 1.29 is 19.1 Å². The zero-order chi connectivity index (χ0) is 20.2. The molecule has 0 fully saturated rings. The molecule has 0 spiro atoms. The Morgan fingerprint density at radius 1 is 0.821 bits per heavy atom. The number of nitrogens with one attached hydrogen (secondary N) is 3. The highest BCUT2D eigenvalue weighted by Gasteiger charge is 2.09. The fourth-order valence-electron chi connectivity index (χ4n) is 2.35. The fourth-order valence-corrected chi connectivity index (χ4v) is 2.35. The largest absolute Gasteiger partial charge is 0.484 e. The third kappa shape index (κ3) is 7.90. The highest BCUT2D eigenvalue weighted by molar-refractivity contribution is 5.86. The smallest absolute Gasteiger partial charge is 0.276 e. The lowest BCUT2D eigenvalue weighted by Crippen LogP contribution is -2.44. The molecule has 0 aliphatic heterocycles. The predicted octanol–water partition coefficient (Wildman–Crippen LogP) is 1.87. The summed E-state index contributed by atoms with van der Waals surface area (Å²) in [6, 6.07) is 17.0. The molecular formula is C21H25N3O4. The van der Waals surface area contributed by atoms with Crippen molar-refractivity contribution in [3.63, 3.8) is 0 Å².